The number of nitrogens with one attached hydrogen (secondary N) is 2. The molecule has 1 aliphatic heterocycles. The largest absolute Gasteiger partial charge is 0.314 e. The zero-order valence-electron chi connectivity index (χ0n) is 10.9. The van der Waals surface area contributed by atoms with Crippen LogP contribution >= 0.6 is 0 Å². The molecule has 2 N–H and O–H groups in total. The molecule has 1 heterocycles. The van der Waals surface area contributed by atoms with Gasteiger partial charge in [-0.05, 0) is 13.8 Å². The molecule has 1 fully saturated rings. The van der Waals surface area contributed by atoms with E-state index in [2.05, 4.69) is 14.9 Å². The van der Waals surface area contributed by atoms with Crippen LogP contribution in [-0.4, -0.2) is 70.0 Å². The third-order valence-electron chi connectivity index (χ3n) is 3.03. The van der Waals surface area contributed by atoms with Gasteiger partial charge in [-0.15, -0.1) is 0 Å². The minimum atomic E-state index is -3.32. The second-order valence-electron chi connectivity index (χ2n) is 4.60. The first-order valence-corrected chi connectivity index (χ1v) is 7.53. The second kappa shape index (κ2) is 6.65. The molecule has 0 aliphatic carbocycles. The Kier molecular flexibility index (Phi) is 5.81. The van der Waals surface area contributed by atoms with Crippen LogP contribution < -0.4 is 10.0 Å². The van der Waals surface area contributed by atoms with E-state index in [1.54, 1.807) is 7.05 Å². The number of piperazine rings is 1. The summed E-state index contributed by atoms with van der Waals surface area (Å²) >= 11 is 0. The Morgan fingerprint density at radius 2 is 1.94 bits per heavy atom. The molecule has 0 aromatic rings. The van der Waals surface area contributed by atoms with Gasteiger partial charge in [0.15, 0.2) is 0 Å². The van der Waals surface area contributed by atoms with Gasteiger partial charge in [0.05, 0.1) is 0 Å². The first-order chi connectivity index (χ1) is 7.93. The van der Waals surface area contributed by atoms with E-state index in [0.717, 1.165) is 32.7 Å². The Labute approximate surface area is 105 Å². The molecule has 0 aromatic heterocycles. The third kappa shape index (κ3) is 4.89. The summed E-state index contributed by atoms with van der Waals surface area (Å²) in [6, 6.07) is -0.0216. The molecule has 0 unspecified atom stereocenters. The van der Waals surface area contributed by atoms with E-state index >= 15 is 0 Å². The van der Waals surface area contributed by atoms with E-state index < -0.39 is 10.2 Å². The Morgan fingerprint density at radius 1 is 1.35 bits per heavy atom. The van der Waals surface area contributed by atoms with Crippen molar-refractivity contribution in [3.05, 3.63) is 0 Å². The molecule has 0 radical (unpaired) electrons. The maximum absolute atomic E-state index is 11.8. The van der Waals surface area contributed by atoms with Gasteiger partial charge in [-0.25, -0.2) is 4.72 Å². The number of rotatable bonds is 6. The van der Waals surface area contributed by atoms with E-state index in [9.17, 15) is 8.42 Å². The van der Waals surface area contributed by atoms with Gasteiger partial charge in [-0.2, -0.15) is 12.7 Å². The summed E-state index contributed by atoms with van der Waals surface area (Å²) in [5, 5.41) is 3.27. The summed E-state index contributed by atoms with van der Waals surface area (Å²) in [7, 11) is -1.72. The fraction of sp³-hybridized carbons (Fsp3) is 1.00. The molecule has 0 spiro atoms. The fourth-order valence-electron chi connectivity index (χ4n) is 1.65. The third-order valence-corrected chi connectivity index (χ3v) is 4.78. The zero-order valence-corrected chi connectivity index (χ0v) is 11.8. The summed E-state index contributed by atoms with van der Waals surface area (Å²) in [6.07, 6.45) is 0. The lowest BCUT2D eigenvalue weighted by atomic mass is 10.3. The molecule has 102 valence electrons. The van der Waals surface area contributed by atoms with Crippen LogP contribution in [0.1, 0.15) is 13.8 Å². The van der Waals surface area contributed by atoms with Crippen molar-refractivity contribution in [2.75, 3.05) is 46.3 Å². The van der Waals surface area contributed by atoms with Crippen LogP contribution in [0.4, 0.5) is 0 Å². The first kappa shape index (κ1) is 14.8. The Morgan fingerprint density at radius 3 is 2.47 bits per heavy atom. The predicted molar refractivity (Wildman–Crippen MR) is 69.1 cm³/mol. The van der Waals surface area contributed by atoms with Gasteiger partial charge in [0, 0.05) is 52.4 Å². The van der Waals surface area contributed by atoms with Gasteiger partial charge in [0.2, 0.25) is 0 Å². The van der Waals surface area contributed by atoms with Crippen molar-refractivity contribution < 1.29 is 8.42 Å². The van der Waals surface area contributed by atoms with Crippen molar-refractivity contribution in [1.82, 2.24) is 19.2 Å². The quantitative estimate of drug-likeness (QED) is 0.650. The van der Waals surface area contributed by atoms with Gasteiger partial charge in [0.25, 0.3) is 10.2 Å². The maximum Gasteiger partial charge on any atom is 0.279 e. The van der Waals surface area contributed by atoms with Crippen molar-refractivity contribution >= 4 is 10.2 Å². The van der Waals surface area contributed by atoms with Crippen LogP contribution in [0.15, 0.2) is 0 Å². The van der Waals surface area contributed by atoms with Gasteiger partial charge in [-0.3, -0.25) is 4.90 Å². The minimum absolute atomic E-state index is 0.0216. The van der Waals surface area contributed by atoms with Gasteiger partial charge >= 0.3 is 0 Å². The highest BCUT2D eigenvalue weighted by Crippen LogP contribution is 2.00. The van der Waals surface area contributed by atoms with E-state index in [0.29, 0.717) is 6.54 Å². The lowest BCUT2D eigenvalue weighted by Crippen LogP contribution is -2.48. The van der Waals surface area contributed by atoms with Crippen LogP contribution in [0.5, 0.6) is 0 Å². The van der Waals surface area contributed by atoms with Crippen LogP contribution in [0.25, 0.3) is 0 Å². The summed E-state index contributed by atoms with van der Waals surface area (Å²) in [5.41, 5.74) is 0. The molecule has 0 aromatic carbocycles. The smallest absolute Gasteiger partial charge is 0.279 e. The zero-order chi connectivity index (χ0) is 12.9. The highest BCUT2D eigenvalue weighted by atomic mass is 32.2. The highest BCUT2D eigenvalue weighted by Gasteiger charge is 2.20. The molecule has 1 saturated heterocycles. The molecule has 17 heavy (non-hydrogen) atoms. The second-order valence-corrected chi connectivity index (χ2v) is 6.42. The molecule has 7 heteroatoms. The van der Waals surface area contributed by atoms with E-state index in [4.69, 9.17) is 0 Å². The lowest BCUT2D eigenvalue weighted by molar-refractivity contribution is 0.244. The molecule has 1 rings (SSSR count). The normalized spacial score (nSPS) is 19.1. The van der Waals surface area contributed by atoms with Crippen molar-refractivity contribution in [2.45, 2.75) is 19.9 Å². The SMILES string of the molecule is CC(C)N(C)S(=O)(=O)NCCN1CCNCC1. The summed E-state index contributed by atoms with van der Waals surface area (Å²) in [6.45, 7) is 8.90. The molecular formula is C10H24N4O2S. The predicted octanol–water partition coefficient (Wildman–Crippen LogP) is -0.934. The van der Waals surface area contributed by atoms with Crippen molar-refractivity contribution in [1.29, 1.82) is 0 Å². The standard InChI is InChI=1S/C10H24N4O2S/c1-10(2)13(3)17(15,16)12-6-9-14-7-4-11-5-8-14/h10-12H,4-9H2,1-3H3. The summed E-state index contributed by atoms with van der Waals surface area (Å²) in [5.74, 6) is 0. The van der Waals surface area contributed by atoms with E-state index in [-0.39, 0.29) is 6.04 Å². The van der Waals surface area contributed by atoms with Crippen molar-refractivity contribution in [3.63, 3.8) is 0 Å². The number of hydrogen-bond acceptors (Lipinski definition) is 4. The first-order valence-electron chi connectivity index (χ1n) is 6.09. The van der Waals surface area contributed by atoms with Crippen molar-refractivity contribution in [2.24, 2.45) is 0 Å². The maximum atomic E-state index is 11.8. The lowest BCUT2D eigenvalue weighted by Gasteiger charge is -2.28. The summed E-state index contributed by atoms with van der Waals surface area (Å²) < 4.78 is 27.6. The van der Waals surface area contributed by atoms with Gasteiger partial charge < -0.3 is 5.32 Å². The van der Waals surface area contributed by atoms with E-state index in [1.165, 1.54) is 4.31 Å². The molecular weight excluding hydrogens is 240 g/mol. The minimum Gasteiger partial charge on any atom is -0.314 e. The molecule has 0 atom stereocenters. The van der Waals surface area contributed by atoms with Crippen molar-refractivity contribution in [3.8, 4) is 0 Å². The molecule has 6 nitrogen and oxygen atoms in total. The molecule has 0 amide bonds. The number of hydrogen-bond donors (Lipinski definition) is 2. The Hall–Kier alpha value is -0.210. The molecule has 0 bridgehead atoms. The van der Waals surface area contributed by atoms with Crippen LogP contribution in [0, 0.1) is 0 Å². The Balaban J connectivity index is 2.29. The van der Waals surface area contributed by atoms with Crippen LogP contribution in [0.2, 0.25) is 0 Å². The number of nitrogens with zero attached hydrogens (tertiary/aromatic N) is 2. The highest BCUT2D eigenvalue weighted by molar-refractivity contribution is 7.87. The average molecular weight is 264 g/mol. The summed E-state index contributed by atoms with van der Waals surface area (Å²) in [4.78, 5) is 2.26. The topological polar surface area (TPSA) is 64.7 Å². The fourth-order valence-corrected chi connectivity index (χ4v) is 2.75. The van der Waals surface area contributed by atoms with Crippen LogP contribution in [-0.2, 0) is 10.2 Å². The average Bonchev–Trinajstić information content (AvgIpc) is 2.29. The Bertz CT molecular complexity index is 312. The van der Waals surface area contributed by atoms with Gasteiger partial charge in [-0.1, -0.05) is 0 Å². The van der Waals surface area contributed by atoms with Gasteiger partial charge in [0.1, 0.15) is 0 Å². The van der Waals surface area contributed by atoms with E-state index in [1.807, 2.05) is 13.8 Å². The van der Waals surface area contributed by atoms with Crippen LogP contribution in [0.3, 0.4) is 0 Å². The molecule has 0 saturated carbocycles. The molecule has 1 aliphatic rings. The monoisotopic (exact) mass is 264 g/mol.